The summed E-state index contributed by atoms with van der Waals surface area (Å²) in [5.74, 6) is -0.982. The van der Waals surface area contributed by atoms with Crippen molar-refractivity contribution in [3.05, 3.63) is 32.7 Å². The Morgan fingerprint density at radius 2 is 2.33 bits per heavy atom. The van der Waals surface area contributed by atoms with Crippen LogP contribution in [-0.2, 0) is 4.74 Å². The second-order valence-corrected chi connectivity index (χ2v) is 5.23. The first-order valence-corrected chi connectivity index (χ1v) is 7.10. The van der Waals surface area contributed by atoms with Crippen LogP contribution >= 0.6 is 27.7 Å². The number of halogens is 1. The van der Waals surface area contributed by atoms with Crippen molar-refractivity contribution in [1.29, 1.82) is 0 Å². The van der Waals surface area contributed by atoms with Gasteiger partial charge in [-0.15, -0.1) is 5.10 Å². The van der Waals surface area contributed by atoms with Crippen molar-refractivity contribution >= 4 is 39.3 Å². The summed E-state index contributed by atoms with van der Waals surface area (Å²) in [5.41, 5.74) is -0.149. The van der Waals surface area contributed by atoms with Gasteiger partial charge >= 0.3 is 11.9 Å². The van der Waals surface area contributed by atoms with Crippen molar-refractivity contribution in [2.24, 2.45) is 0 Å². The van der Waals surface area contributed by atoms with Crippen LogP contribution in [0.2, 0.25) is 0 Å². The van der Waals surface area contributed by atoms with Gasteiger partial charge in [-0.05, 0) is 34.6 Å². The minimum Gasteiger partial charge on any atom is -0.459 e. The number of aromatic nitrogens is 3. The van der Waals surface area contributed by atoms with Gasteiger partial charge in [0, 0.05) is 6.07 Å². The molecule has 110 valence electrons. The molecule has 0 aliphatic carbocycles. The van der Waals surface area contributed by atoms with E-state index in [1.54, 1.807) is 6.92 Å². The van der Waals surface area contributed by atoms with Crippen molar-refractivity contribution in [1.82, 2.24) is 15.2 Å². The number of nitro groups is 1. The van der Waals surface area contributed by atoms with Gasteiger partial charge in [0.1, 0.15) is 11.2 Å². The molecule has 2 heterocycles. The molecular weight excluding hydrogens is 368 g/mol. The molecule has 0 aliphatic rings. The molecule has 0 fully saturated rings. The normalized spacial score (nSPS) is 10.4. The Balaban J connectivity index is 2.15. The zero-order valence-electron chi connectivity index (χ0n) is 10.5. The maximum absolute atomic E-state index is 11.4. The third-order valence-corrected chi connectivity index (χ3v) is 3.77. The number of hydrogen-bond donors (Lipinski definition) is 0. The molecule has 0 saturated carbocycles. The maximum Gasteiger partial charge on any atom is 0.396 e. The number of carbonyl (C=O) groups is 1. The fourth-order valence-electron chi connectivity index (χ4n) is 1.20. The van der Waals surface area contributed by atoms with Gasteiger partial charge in [0.2, 0.25) is 0 Å². The predicted molar refractivity (Wildman–Crippen MR) is 73.0 cm³/mol. The van der Waals surface area contributed by atoms with Gasteiger partial charge in [-0.3, -0.25) is 10.1 Å². The zero-order valence-corrected chi connectivity index (χ0v) is 12.9. The van der Waals surface area contributed by atoms with Gasteiger partial charge in [-0.25, -0.2) is 9.78 Å². The monoisotopic (exact) mass is 374 g/mol. The summed E-state index contributed by atoms with van der Waals surface area (Å²) in [6, 6.07) is 1.30. The van der Waals surface area contributed by atoms with E-state index in [9.17, 15) is 14.9 Å². The Morgan fingerprint density at radius 3 is 2.95 bits per heavy atom. The molecular formula is C10H7BrN4O5S. The smallest absolute Gasteiger partial charge is 0.396 e. The van der Waals surface area contributed by atoms with E-state index in [0.29, 0.717) is 9.50 Å². The largest absolute Gasteiger partial charge is 0.459 e. The van der Waals surface area contributed by atoms with Gasteiger partial charge in [0.25, 0.3) is 10.9 Å². The lowest BCUT2D eigenvalue weighted by atomic mass is 10.4. The van der Waals surface area contributed by atoms with Crippen molar-refractivity contribution < 1.29 is 18.9 Å². The summed E-state index contributed by atoms with van der Waals surface area (Å²) in [6.07, 6.45) is 1.11. The molecule has 0 radical (unpaired) electrons. The Morgan fingerprint density at radius 1 is 1.57 bits per heavy atom. The SMILES string of the molecule is CCOC(=O)c1nnc(Sc2ncc([N+](=O)[O-])cc2Br)o1. The molecule has 0 aliphatic heterocycles. The van der Waals surface area contributed by atoms with E-state index in [1.165, 1.54) is 6.07 Å². The van der Waals surface area contributed by atoms with Gasteiger partial charge in [-0.1, -0.05) is 5.10 Å². The minimum absolute atomic E-state index is 0.0695. The average Bonchev–Trinajstić information content (AvgIpc) is 2.90. The molecule has 0 amide bonds. The van der Waals surface area contributed by atoms with E-state index < -0.39 is 10.9 Å². The van der Waals surface area contributed by atoms with Crippen LogP contribution in [-0.4, -0.2) is 32.7 Å². The van der Waals surface area contributed by atoms with Gasteiger partial charge in [-0.2, -0.15) is 0 Å². The summed E-state index contributed by atoms with van der Waals surface area (Å²) in [4.78, 5) is 25.3. The van der Waals surface area contributed by atoms with E-state index in [-0.39, 0.29) is 23.4 Å². The molecule has 21 heavy (non-hydrogen) atoms. The predicted octanol–water partition coefficient (Wildman–Crippen LogP) is 2.46. The van der Waals surface area contributed by atoms with Crippen molar-refractivity contribution in [3.8, 4) is 0 Å². The summed E-state index contributed by atoms with van der Waals surface area (Å²) >= 11 is 4.13. The Bertz CT molecular complexity index is 692. The molecule has 0 unspecified atom stereocenters. The van der Waals surface area contributed by atoms with Crippen LogP contribution in [0.3, 0.4) is 0 Å². The lowest BCUT2D eigenvalue weighted by Crippen LogP contribution is -2.04. The lowest BCUT2D eigenvalue weighted by molar-refractivity contribution is -0.385. The van der Waals surface area contributed by atoms with Crippen LogP contribution in [0.1, 0.15) is 17.6 Å². The number of hydrogen-bond acceptors (Lipinski definition) is 9. The van der Waals surface area contributed by atoms with Crippen LogP contribution < -0.4 is 0 Å². The number of carbonyl (C=O) groups excluding carboxylic acids is 1. The zero-order chi connectivity index (χ0) is 15.4. The third-order valence-electron chi connectivity index (χ3n) is 2.04. The first-order chi connectivity index (χ1) is 10.0. The summed E-state index contributed by atoms with van der Waals surface area (Å²) in [7, 11) is 0. The Labute approximate surface area is 130 Å². The average molecular weight is 375 g/mol. The van der Waals surface area contributed by atoms with E-state index in [0.717, 1.165) is 18.0 Å². The van der Waals surface area contributed by atoms with Crippen LogP contribution in [0.15, 0.2) is 31.4 Å². The van der Waals surface area contributed by atoms with Gasteiger partial charge < -0.3 is 9.15 Å². The number of pyridine rings is 1. The van der Waals surface area contributed by atoms with Crippen LogP contribution in [0.5, 0.6) is 0 Å². The topological polar surface area (TPSA) is 121 Å². The standard InChI is InChI=1S/C10H7BrN4O5S/c1-2-19-9(16)7-13-14-10(20-7)21-8-6(11)3-5(4-12-8)15(17)18/h3-4H,2H2,1H3. The van der Waals surface area contributed by atoms with E-state index in [1.807, 2.05) is 0 Å². The number of nitrogens with zero attached hydrogens (tertiary/aromatic N) is 4. The number of ether oxygens (including phenoxy) is 1. The van der Waals surface area contributed by atoms with E-state index in [2.05, 4.69) is 31.1 Å². The van der Waals surface area contributed by atoms with Crippen molar-refractivity contribution in [2.75, 3.05) is 6.61 Å². The molecule has 0 bridgehead atoms. The fraction of sp³-hybridized carbons (Fsp3) is 0.200. The molecule has 11 heteroatoms. The molecule has 0 spiro atoms. The molecule has 0 atom stereocenters. The van der Waals surface area contributed by atoms with Crippen molar-refractivity contribution in [3.63, 3.8) is 0 Å². The third kappa shape index (κ3) is 3.76. The van der Waals surface area contributed by atoms with Crippen LogP contribution in [0.4, 0.5) is 5.69 Å². The lowest BCUT2D eigenvalue weighted by Gasteiger charge is -1.99. The Kier molecular flexibility index (Phi) is 4.85. The second-order valence-electron chi connectivity index (χ2n) is 3.43. The highest BCUT2D eigenvalue weighted by molar-refractivity contribution is 9.10. The first-order valence-electron chi connectivity index (χ1n) is 5.49. The second kappa shape index (κ2) is 6.63. The molecule has 2 aromatic rings. The summed E-state index contributed by atoms with van der Waals surface area (Å²) in [6.45, 7) is 1.85. The molecule has 0 saturated heterocycles. The summed E-state index contributed by atoms with van der Waals surface area (Å²) in [5, 5.41) is 18.3. The highest BCUT2D eigenvalue weighted by atomic mass is 79.9. The highest BCUT2D eigenvalue weighted by Crippen LogP contribution is 2.32. The number of rotatable bonds is 5. The number of esters is 1. The van der Waals surface area contributed by atoms with Crippen molar-refractivity contribution in [2.45, 2.75) is 17.2 Å². The van der Waals surface area contributed by atoms with E-state index >= 15 is 0 Å². The highest BCUT2D eigenvalue weighted by Gasteiger charge is 2.18. The maximum atomic E-state index is 11.4. The van der Waals surface area contributed by atoms with Gasteiger partial charge in [0.15, 0.2) is 0 Å². The quantitative estimate of drug-likeness (QED) is 0.441. The molecule has 2 rings (SSSR count). The van der Waals surface area contributed by atoms with E-state index in [4.69, 9.17) is 9.15 Å². The molecule has 9 nitrogen and oxygen atoms in total. The minimum atomic E-state index is -0.715. The summed E-state index contributed by atoms with van der Waals surface area (Å²) < 4.78 is 10.2. The van der Waals surface area contributed by atoms with Gasteiger partial charge in [0.05, 0.1) is 16.0 Å². The fourth-order valence-corrected chi connectivity index (χ4v) is 2.41. The molecule has 0 aromatic carbocycles. The Hall–Kier alpha value is -2.01. The van der Waals surface area contributed by atoms with Crippen LogP contribution in [0, 0.1) is 10.1 Å². The molecule has 0 N–H and O–H groups in total. The van der Waals surface area contributed by atoms with Crippen LogP contribution in [0.25, 0.3) is 0 Å². The first kappa shape index (κ1) is 15.4. The molecule has 2 aromatic heterocycles.